The molecular formula is C55H55FIrN4OSi-2. The number of furan rings is 1. The molecule has 0 aliphatic rings. The molecule has 0 bridgehead atoms. The van der Waals surface area contributed by atoms with Gasteiger partial charge in [-0.15, -0.1) is 35.9 Å². The topological polar surface area (TPSA) is 56.7 Å². The van der Waals surface area contributed by atoms with Gasteiger partial charge in [0, 0.05) is 54.4 Å². The van der Waals surface area contributed by atoms with Crippen LogP contribution >= 0.6 is 0 Å². The van der Waals surface area contributed by atoms with Crippen molar-refractivity contribution in [3.8, 4) is 39.5 Å². The third kappa shape index (κ3) is 8.99. The van der Waals surface area contributed by atoms with Crippen LogP contribution in [-0.2, 0) is 20.1 Å². The number of benzene rings is 5. The van der Waals surface area contributed by atoms with Gasteiger partial charge in [-0.1, -0.05) is 151 Å². The number of hydrogen-bond acceptors (Lipinski definition) is 4. The predicted octanol–water partition coefficient (Wildman–Crippen LogP) is 14.7. The number of rotatable bonds is 8. The van der Waals surface area contributed by atoms with E-state index < -0.39 is 26.6 Å². The first-order valence-electron chi connectivity index (χ1n) is 23.3. The van der Waals surface area contributed by atoms with E-state index in [2.05, 4.69) is 153 Å². The normalized spacial score (nSPS) is 13.1. The molecule has 9 aromatic rings. The number of fused-ring (bicyclic) bond motifs is 4. The Hall–Kier alpha value is -5.53. The second kappa shape index (κ2) is 18.3. The van der Waals surface area contributed by atoms with Crippen molar-refractivity contribution >= 4 is 46.4 Å². The van der Waals surface area contributed by atoms with E-state index in [0.29, 0.717) is 23.2 Å². The number of hydrogen-bond donors (Lipinski definition) is 0. The summed E-state index contributed by atoms with van der Waals surface area (Å²) in [4.78, 5) is 14.2. The van der Waals surface area contributed by atoms with Crippen LogP contribution in [-0.4, -0.2) is 27.6 Å². The van der Waals surface area contributed by atoms with Crippen LogP contribution in [0.5, 0.6) is 0 Å². The molecule has 0 aliphatic carbocycles. The average molecular weight is 1030 g/mol. The molecule has 9 rings (SSSR count). The second-order valence-corrected chi connectivity index (χ2v) is 23.0. The molecule has 5 aromatic carbocycles. The van der Waals surface area contributed by atoms with Crippen LogP contribution < -0.4 is 5.19 Å². The maximum atomic E-state index is 14.7. The van der Waals surface area contributed by atoms with Crippen molar-refractivity contribution < 1.29 is 34.4 Å². The van der Waals surface area contributed by atoms with Crippen molar-refractivity contribution in [1.29, 1.82) is 0 Å². The Morgan fingerprint density at radius 2 is 1.48 bits per heavy atom. The number of aryl methyl sites for hydroxylation is 2. The molecule has 1 radical (unpaired) electrons. The Balaban J connectivity index is 0.000000221. The third-order valence-electron chi connectivity index (χ3n) is 11.4. The Morgan fingerprint density at radius 1 is 0.778 bits per heavy atom. The summed E-state index contributed by atoms with van der Waals surface area (Å²) in [5, 5.41) is 3.06. The van der Waals surface area contributed by atoms with Crippen LogP contribution in [0.4, 0.5) is 4.39 Å². The van der Waals surface area contributed by atoms with Gasteiger partial charge in [-0.25, -0.2) is 4.98 Å². The van der Waals surface area contributed by atoms with Gasteiger partial charge in [0.2, 0.25) is 5.71 Å². The van der Waals surface area contributed by atoms with E-state index in [1.165, 1.54) is 40.1 Å². The summed E-state index contributed by atoms with van der Waals surface area (Å²) in [5.74, 6) is -0.239. The van der Waals surface area contributed by atoms with Crippen LogP contribution in [0.2, 0.25) is 19.6 Å². The molecule has 0 fully saturated rings. The smallest absolute Gasteiger partial charge is 0.215 e. The van der Waals surface area contributed by atoms with Gasteiger partial charge < -0.3 is 14.0 Å². The summed E-state index contributed by atoms with van der Waals surface area (Å²) in [6, 6.07) is 42.6. The molecule has 63 heavy (non-hydrogen) atoms. The molecule has 0 N–H and O–H groups in total. The summed E-state index contributed by atoms with van der Waals surface area (Å²) >= 11 is 0. The average Bonchev–Trinajstić information content (AvgIpc) is 3.83. The van der Waals surface area contributed by atoms with Gasteiger partial charge in [0.1, 0.15) is 0 Å². The molecule has 0 saturated carbocycles. The van der Waals surface area contributed by atoms with E-state index in [-0.39, 0.29) is 31.2 Å². The molecular weight excluding hydrogens is 972 g/mol. The monoisotopic (exact) mass is 1030 g/mol. The van der Waals surface area contributed by atoms with Gasteiger partial charge in [0.25, 0.3) is 0 Å². The molecule has 0 aliphatic heterocycles. The van der Waals surface area contributed by atoms with Gasteiger partial charge in [-0.05, 0) is 88.1 Å². The van der Waals surface area contributed by atoms with E-state index in [1.54, 1.807) is 26.1 Å². The van der Waals surface area contributed by atoms with E-state index >= 15 is 0 Å². The van der Waals surface area contributed by atoms with Crippen molar-refractivity contribution in [1.82, 2.24) is 19.5 Å². The maximum Gasteiger partial charge on any atom is 0.215 e. The van der Waals surface area contributed by atoms with Crippen LogP contribution in [0.3, 0.4) is 0 Å². The molecule has 4 aromatic heterocycles. The largest absolute Gasteiger partial charge is 0.458 e. The summed E-state index contributed by atoms with van der Waals surface area (Å²) in [5.41, 5.74) is 12.3. The third-order valence-corrected chi connectivity index (χ3v) is 13.4. The fourth-order valence-corrected chi connectivity index (χ4v) is 9.72. The molecule has 0 amide bonds. The molecule has 8 heteroatoms. The first-order chi connectivity index (χ1) is 31.1. The minimum atomic E-state index is -2.54. The van der Waals surface area contributed by atoms with Crippen molar-refractivity contribution in [3.05, 3.63) is 161 Å². The van der Waals surface area contributed by atoms with Gasteiger partial charge in [0.15, 0.2) is 0 Å². The van der Waals surface area contributed by atoms with E-state index in [1.807, 2.05) is 19.1 Å². The minimum Gasteiger partial charge on any atom is -0.458 e. The summed E-state index contributed by atoms with van der Waals surface area (Å²) < 4.78 is 54.2. The Kier molecular flexibility index (Phi) is 11.7. The second-order valence-electron chi connectivity index (χ2n) is 17.9. The van der Waals surface area contributed by atoms with E-state index in [4.69, 9.17) is 14.9 Å². The molecule has 4 heterocycles. The SMILES string of the molecule is Cc1ccc2c(n1)oc1cc(-c3nc4ccccc4n3-c3c(C(C)C)cc(-c4ccccc4)cc3C(C)C)[c-]cc12.[2H]C([2H])([2H])c1cc[c-]c(-c2cc(C([2H])(C)C)c([Si](C)(C)C)cn2)c1F.[Ir]. The van der Waals surface area contributed by atoms with Crippen molar-refractivity contribution in [2.45, 2.75) is 92.7 Å². The molecule has 0 spiro atoms. The first-order valence-corrected chi connectivity index (χ1v) is 24.8. The van der Waals surface area contributed by atoms with Crippen molar-refractivity contribution in [3.63, 3.8) is 0 Å². The summed E-state index contributed by atoms with van der Waals surface area (Å²) in [7, 11) is -1.74. The number of pyridine rings is 2. The number of aromatic nitrogens is 4. The quantitative estimate of drug-likeness (QED) is 0.112. The van der Waals surface area contributed by atoms with Crippen LogP contribution in [0, 0.1) is 31.7 Å². The maximum absolute atomic E-state index is 14.7. The summed E-state index contributed by atoms with van der Waals surface area (Å²) in [6.45, 7) is 18.6. The molecule has 0 atom stereocenters. The Bertz CT molecular complexity index is 3230. The number of imidazole rings is 1. The summed E-state index contributed by atoms with van der Waals surface area (Å²) in [6.07, 6.45) is 1.71. The van der Waals surface area contributed by atoms with Gasteiger partial charge in [0.05, 0.1) is 30.5 Å². The molecule has 0 unspecified atom stereocenters. The van der Waals surface area contributed by atoms with Crippen molar-refractivity contribution in [2.24, 2.45) is 0 Å². The van der Waals surface area contributed by atoms with E-state index in [0.717, 1.165) is 55.2 Å². The van der Waals surface area contributed by atoms with Crippen LogP contribution in [0.25, 0.3) is 72.6 Å². The number of halogens is 1. The van der Waals surface area contributed by atoms with Crippen molar-refractivity contribution in [2.75, 3.05) is 0 Å². The minimum absolute atomic E-state index is 0. The Morgan fingerprint density at radius 3 is 2.14 bits per heavy atom. The van der Waals surface area contributed by atoms with Crippen LogP contribution in [0.1, 0.15) is 92.7 Å². The van der Waals surface area contributed by atoms with Crippen LogP contribution in [0.15, 0.2) is 120 Å². The fourth-order valence-electron chi connectivity index (χ4n) is 8.13. The molecule has 5 nitrogen and oxygen atoms in total. The number of para-hydroxylation sites is 2. The predicted molar refractivity (Wildman–Crippen MR) is 259 cm³/mol. The zero-order valence-electron chi connectivity index (χ0n) is 41.5. The zero-order chi connectivity index (χ0) is 47.5. The Labute approximate surface area is 391 Å². The molecule has 0 saturated heterocycles. The fraction of sp³-hybridized carbons (Fsp3) is 0.255. The molecule has 323 valence electrons. The standard InChI is InChI=1S/C37H32N3O.C18H23FNSi.Ir/c1-22(2)30-19-27(25-11-7-6-8-12-25)20-31(23(3)4)35(30)40-33-14-10-9-13-32(33)39-36(40)26-16-18-28-29-17-15-24(5)38-37(29)41-34(28)21-26;1-12(2)15-10-16(20-11-17(15)21(4,5)6)14-9-7-8-13(3)18(14)19;/h6-15,17-23H,1-5H3;7-8,10-12H,1-6H3;/q2*-1;/i;3D3,12D;. The first kappa shape index (κ1) is 40.3. The van der Waals surface area contributed by atoms with Gasteiger partial charge >= 0.3 is 0 Å². The number of nitrogens with zero attached hydrogens (tertiary/aromatic N) is 4. The van der Waals surface area contributed by atoms with Gasteiger partial charge in [-0.2, -0.15) is 0 Å². The van der Waals surface area contributed by atoms with Gasteiger partial charge in [-0.3, -0.25) is 9.37 Å². The van der Waals surface area contributed by atoms with E-state index in [9.17, 15) is 4.39 Å². The zero-order valence-corrected chi connectivity index (χ0v) is 40.9.